The maximum Gasteiger partial charge on any atom is 0.433 e. The van der Waals surface area contributed by atoms with Crippen molar-refractivity contribution in [1.82, 2.24) is 9.97 Å². The Bertz CT molecular complexity index is 774. The molecule has 5 nitrogen and oxygen atoms in total. The van der Waals surface area contributed by atoms with Crippen molar-refractivity contribution in [3.8, 4) is 0 Å². The van der Waals surface area contributed by atoms with Gasteiger partial charge in [-0.25, -0.2) is 4.98 Å². The van der Waals surface area contributed by atoms with E-state index in [-0.39, 0.29) is 10.9 Å². The van der Waals surface area contributed by atoms with Crippen LogP contribution in [-0.4, -0.2) is 21.6 Å². The second-order valence-corrected chi connectivity index (χ2v) is 5.60. The number of aromatic nitrogens is 2. The lowest BCUT2D eigenvalue weighted by Gasteiger charge is -2.08. The van der Waals surface area contributed by atoms with Crippen LogP contribution in [0.5, 0.6) is 0 Å². The van der Waals surface area contributed by atoms with Crippen molar-refractivity contribution < 1.29 is 18.0 Å². The molecule has 0 saturated carbocycles. The van der Waals surface area contributed by atoms with Crippen LogP contribution in [0, 0.1) is 6.92 Å². The molecule has 0 fully saturated rings. The van der Waals surface area contributed by atoms with E-state index in [1.165, 1.54) is 0 Å². The zero-order chi connectivity index (χ0) is 17.0. The third-order valence-electron chi connectivity index (χ3n) is 2.65. The maximum absolute atomic E-state index is 12.6. The number of carbonyl (C=O) groups is 1. The molecule has 122 valence electrons. The number of hydrogen-bond donors (Lipinski definition) is 2. The first kappa shape index (κ1) is 17.1. The summed E-state index contributed by atoms with van der Waals surface area (Å²) in [6, 6.07) is 7.45. The Morgan fingerprint density at radius 2 is 2.09 bits per heavy atom. The molecule has 1 aromatic heterocycles. The molecule has 0 atom stereocenters. The van der Waals surface area contributed by atoms with Crippen molar-refractivity contribution in [1.29, 1.82) is 0 Å². The number of benzene rings is 1. The van der Waals surface area contributed by atoms with Crippen LogP contribution in [0.3, 0.4) is 0 Å². The van der Waals surface area contributed by atoms with E-state index in [2.05, 4.69) is 15.3 Å². The van der Waals surface area contributed by atoms with Gasteiger partial charge in [0.05, 0.1) is 5.75 Å². The number of H-pyrrole nitrogens is 1. The van der Waals surface area contributed by atoms with Crippen molar-refractivity contribution in [2.45, 2.75) is 18.3 Å². The van der Waals surface area contributed by atoms with E-state index in [0.717, 1.165) is 17.3 Å². The Morgan fingerprint density at radius 3 is 2.74 bits per heavy atom. The highest BCUT2D eigenvalue weighted by molar-refractivity contribution is 7.99. The highest BCUT2D eigenvalue weighted by Crippen LogP contribution is 2.27. The van der Waals surface area contributed by atoms with Gasteiger partial charge in [0, 0.05) is 11.8 Å². The second-order valence-electron chi connectivity index (χ2n) is 4.64. The topological polar surface area (TPSA) is 74.8 Å². The summed E-state index contributed by atoms with van der Waals surface area (Å²) in [7, 11) is 0. The Balaban J connectivity index is 2.02. The molecule has 0 unspecified atom stereocenters. The summed E-state index contributed by atoms with van der Waals surface area (Å²) in [6.07, 6.45) is -4.71. The number of halogens is 3. The molecule has 2 aromatic rings. The fourth-order valence-electron chi connectivity index (χ4n) is 1.70. The Morgan fingerprint density at radius 1 is 1.35 bits per heavy atom. The van der Waals surface area contributed by atoms with Gasteiger partial charge in [0.1, 0.15) is 0 Å². The van der Waals surface area contributed by atoms with E-state index in [4.69, 9.17) is 0 Å². The molecule has 23 heavy (non-hydrogen) atoms. The number of hydrogen-bond acceptors (Lipinski definition) is 4. The van der Waals surface area contributed by atoms with E-state index < -0.39 is 23.3 Å². The molecule has 0 saturated heterocycles. The molecule has 1 heterocycles. The van der Waals surface area contributed by atoms with Crippen molar-refractivity contribution in [3.05, 3.63) is 51.9 Å². The molecule has 0 aliphatic carbocycles. The molecule has 1 aromatic carbocycles. The molecular weight excluding hydrogens is 331 g/mol. The summed E-state index contributed by atoms with van der Waals surface area (Å²) in [4.78, 5) is 28.5. The third-order valence-corrected chi connectivity index (χ3v) is 3.53. The first-order valence-corrected chi connectivity index (χ1v) is 7.40. The monoisotopic (exact) mass is 343 g/mol. The van der Waals surface area contributed by atoms with E-state index in [1.54, 1.807) is 18.2 Å². The van der Waals surface area contributed by atoms with Gasteiger partial charge < -0.3 is 10.3 Å². The minimum absolute atomic E-state index is 0.182. The van der Waals surface area contributed by atoms with Gasteiger partial charge in [0.15, 0.2) is 10.9 Å². The van der Waals surface area contributed by atoms with Crippen molar-refractivity contribution in [3.63, 3.8) is 0 Å². The fraction of sp³-hybridized carbons (Fsp3) is 0.214. The summed E-state index contributed by atoms with van der Waals surface area (Å²) in [5, 5.41) is 2.35. The molecular formula is C14H12F3N3O2S. The molecule has 1 amide bonds. The minimum atomic E-state index is -4.71. The minimum Gasteiger partial charge on any atom is -0.325 e. The van der Waals surface area contributed by atoms with Gasteiger partial charge >= 0.3 is 6.18 Å². The number of nitrogens with zero attached hydrogens (tertiary/aromatic N) is 1. The normalized spacial score (nSPS) is 11.3. The molecule has 0 aliphatic rings. The maximum atomic E-state index is 12.6. The van der Waals surface area contributed by atoms with Gasteiger partial charge in [-0.05, 0) is 24.6 Å². The van der Waals surface area contributed by atoms with Crippen molar-refractivity contribution >= 4 is 23.4 Å². The van der Waals surface area contributed by atoms with E-state index in [1.807, 2.05) is 13.0 Å². The number of amides is 1. The smallest absolute Gasteiger partial charge is 0.325 e. The number of anilines is 1. The van der Waals surface area contributed by atoms with Crippen LogP contribution < -0.4 is 10.9 Å². The van der Waals surface area contributed by atoms with Crippen LogP contribution in [0.25, 0.3) is 0 Å². The van der Waals surface area contributed by atoms with Crippen LogP contribution in [0.1, 0.15) is 11.3 Å². The SMILES string of the molecule is Cc1cccc(NC(=O)CSc2nc(C(F)(F)F)cc(=O)[nH]2)c1. The lowest BCUT2D eigenvalue weighted by atomic mass is 10.2. The van der Waals surface area contributed by atoms with Crippen molar-refractivity contribution in [2.75, 3.05) is 11.1 Å². The number of alkyl halides is 3. The Labute approximate surface area is 133 Å². The highest BCUT2D eigenvalue weighted by atomic mass is 32.2. The molecule has 0 aliphatic heterocycles. The number of rotatable bonds is 4. The van der Waals surface area contributed by atoms with Gasteiger partial charge in [0.2, 0.25) is 5.91 Å². The molecule has 0 bridgehead atoms. The van der Waals surface area contributed by atoms with Gasteiger partial charge in [0.25, 0.3) is 5.56 Å². The summed E-state index contributed by atoms with van der Waals surface area (Å²) < 4.78 is 37.7. The number of aryl methyl sites for hydroxylation is 1. The van der Waals surface area contributed by atoms with Gasteiger partial charge in [-0.3, -0.25) is 9.59 Å². The summed E-state index contributed by atoms with van der Waals surface area (Å²) in [6.45, 7) is 1.86. The Kier molecular flexibility index (Phi) is 5.09. The molecule has 9 heteroatoms. The lowest BCUT2D eigenvalue weighted by molar-refractivity contribution is -0.141. The molecule has 2 N–H and O–H groups in total. The average molecular weight is 343 g/mol. The standard InChI is InChI=1S/C14H12F3N3O2S/c1-8-3-2-4-9(5-8)18-12(22)7-23-13-19-10(14(15,16)17)6-11(21)20-13/h2-6H,7H2,1H3,(H,18,22)(H,19,20,21). The van der Waals surface area contributed by atoms with Gasteiger partial charge in [-0.1, -0.05) is 23.9 Å². The molecule has 0 spiro atoms. The predicted molar refractivity (Wildman–Crippen MR) is 80.4 cm³/mol. The number of thioether (sulfide) groups is 1. The van der Waals surface area contributed by atoms with Gasteiger partial charge in [-0.15, -0.1) is 0 Å². The second kappa shape index (κ2) is 6.86. The van der Waals surface area contributed by atoms with E-state index in [0.29, 0.717) is 11.8 Å². The Hall–Kier alpha value is -2.29. The van der Waals surface area contributed by atoms with E-state index >= 15 is 0 Å². The van der Waals surface area contributed by atoms with Crippen LogP contribution in [0.15, 0.2) is 40.3 Å². The summed E-state index contributed by atoms with van der Waals surface area (Å²) >= 11 is 0.718. The summed E-state index contributed by atoms with van der Waals surface area (Å²) in [5.41, 5.74) is -0.669. The molecule has 0 radical (unpaired) electrons. The molecule has 2 rings (SSSR count). The quantitative estimate of drug-likeness (QED) is 0.661. The summed E-state index contributed by atoms with van der Waals surface area (Å²) in [5.74, 6) is -0.598. The van der Waals surface area contributed by atoms with Crippen LogP contribution >= 0.6 is 11.8 Å². The number of carbonyl (C=O) groups excluding carboxylic acids is 1. The van der Waals surface area contributed by atoms with E-state index in [9.17, 15) is 22.8 Å². The average Bonchev–Trinajstić information content (AvgIpc) is 2.44. The van der Waals surface area contributed by atoms with Crippen LogP contribution in [0.4, 0.5) is 18.9 Å². The van der Waals surface area contributed by atoms with Crippen LogP contribution in [0.2, 0.25) is 0 Å². The first-order chi connectivity index (χ1) is 10.7. The van der Waals surface area contributed by atoms with Crippen molar-refractivity contribution in [2.24, 2.45) is 0 Å². The fourth-order valence-corrected chi connectivity index (χ4v) is 2.38. The van der Waals surface area contributed by atoms with Crippen LogP contribution in [-0.2, 0) is 11.0 Å². The number of aromatic amines is 1. The lowest BCUT2D eigenvalue weighted by Crippen LogP contribution is -2.18. The third kappa shape index (κ3) is 5.13. The van der Waals surface area contributed by atoms with Gasteiger partial charge in [-0.2, -0.15) is 13.2 Å². The zero-order valence-electron chi connectivity index (χ0n) is 11.9. The largest absolute Gasteiger partial charge is 0.433 e. The zero-order valence-corrected chi connectivity index (χ0v) is 12.7. The first-order valence-electron chi connectivity index (χ1n) is 6.42. The number of nitrogens with one attached hydrogen (secondary N) is 2. The highest BCUT2D eigenvalue weighted by Gasteiger charge is 2.33. The predicted octanol–water partition coefficient (Wildman–Crippen LogP) is 2.83.